The number of carbonyl (C=O) groups is 1. The molecule has 1 fully saturated rings. The Morgan fingerprint density at radius 1 is 1.44 bits per heavy atom. The van der Waals surface area contributed by atoms with Crippen LogP contribution >= 0.6 is 15.9 Å². The summed E-state index contributed by atoms with van der Waals surface area (Å²) in [5.41, 5.74) is 1.17. The van der Waals surface area contributed by atoms with Crippen molar-refractivity contribution < 1.29 is 9.53 Å². The van der Waals surface area contributed by atoms with E-state index < -0.39 is 0 Å². The Balaban J connectivity index is 2.27. The molecule has 1 aromatic rings. The zero-order valence-corrected chi connectivity index (χ0v) is 10.7. The number of methoxy groups -OCH3 is 1. The van der Waals surface area contributed by atoms with Gasteiger partial charge in [0.1, 0.15) is 0 Å². The molecule has 4 heteroatoms. The molecule has 0 saturated carbocycles. The fourth-order valence-electron chi connectivity index (χ4n) is 2.18. The maximum atomic E-state index is 11.6. The van der Waals surface area contributed by atoms with E-state index in [2.05, 4.69) is 27.3 Å². The van der Waals surface area contributed by atoms with Gasteiger partial charge in [0.05, 0.1) is 13.0 Å². The third kappa shape index (κ3) is 2.13. The van der Waals surface area contributed by atoms with Crippen LogP contribution in [0.5, 0.6) is 0 Å². The topological polar surface area (TPSA) is 38.3 Å². The second kappa shape index (κ2) is 4.97. The van der Waals surface area contributed by atoms with Crippen molar-refractivity contribution in [2.24, 2.45) is 5.92 Å². The van der Waals surface area contributed by atoms with Crippen molar-refractivity contribution in [1.29, 1.82) is 0 Å². The van der Waals surface area contributed by atoms with Crippen molar-refractivity contribution in [3.8, 4) is 0 Å². The van der Waals surface area contributed by atoms with E-state index in [1.165, 1.54) is 12.7 Å². The minimum absolute atomic E-state index is 0.0799. The van der Waals surface area contributed by atoms with E-state index in [9.17, 15) is 4.79 Å². The molecule has 1 aliphatic heterocycles. The molecule has 3 nitrogen and oxygen atoms in total. The highest BCUT2D eigenvalue weighted by Crippen LogP contribution is 2.33. The van der Waals surface area contributed by atoms with Crippen LogP contribution in [-0.2, 0) is 9.53 Å². The van der Waals surface area contributed by atoms with Crippen LogP contribution in [0.15, 0.2) is 28.7 Å². The summed E-state index contributed by atoms with van der Waals surface area (Å²) in [6.45, 7) is 1.51. The molecule has 0 spiro atoms. The van der Waals surface area contributed by atoms with Gasteiger partial charge in [0, 0.05) is 23.5 Å². The van der Waals surface area contributed by atoms with E-state index in [-0.39, 0.29) is 17.8 Å². The number of benzene rings is 1. The van der Waals surface area contributed by atoms with Gasteiger partial charge in [0.15, 0.2) is 0 Å². The van der Waals surface area contributed by atoms with E-state index in [0.29, 0.717) is 6.54 Å². The summed E-state index contributed by atoms with van der Waals surface area (Å²) < 4.78 is 5.88. The largest absolute Gasteiger partial charge is 0.469 e. The van der Waals surface area contributed by atoms with Crippen molar-refractivity contribution in [2.75, 3.05) is 20.2 Å². The van der Waals surface area contributed by atoms with Crippen molar-refractivity contribution in [2.45, 2.75) is 5.92 Å². The minimum Gasteiger partial charge on any atom is -0.469 e. The number of carbonyl (C=O) groups excluding carboxylic acids is 1. The molecular formula is C12H14BrNO2. The quantitative estimate of drug-likeness (QED) is 0.843. The lowest BCUT2D eigenvalue weighted by Crippen LogP contribution is -2.23. The molecule has 0 unspecified atom stereocenters. The Morgan fingerprint density at radius 3 is 2.88 bits per heavy atom. The molecule has 1 aliphatic rings. The summed E-state index contributed by atoms with van der Waals surface area (Å²) >= 11 is 3.52. The van der Waals surface area contributed by atoms with E-state index in [1.807, 2.05) is 18.2 Å². The number of hydrogen-bond donors (Lipinski definition) is 1. The molecule has 0 amide bonds. The summed E-state index contributed by atoms with van der Waals surface area (Å²) in [5.74, 6) is -0.0162. The first-order valence-corrected chi connectivity index (χ1v) is 6.06. The summed E-state index contributed by atoms with van der Waals surface area (Å²) in [5, 5.41) is 3.24. The van der Waals surface area contributed by atoms with Crippen LogP contribution in [0.3, 0.4) is 0 Å². The lowest BCUT2D eigenvalue weighted by Gasteiger charge is -2.17. The van der Waals surface area contributed by atoms with Gasteiger partial charge in [0.2, 0.25) is 0 Å². The lowest BCUT2D eigenvalue weighted by atomic mass is 9.89. The van der Waals surface area contributed by atoms with E-state index in [4.69, 9.17) is 4.74 Å². The maximum absolute atomic E-state index is 11.6. The highest BCUT2D eigenvalue weighted by atomic mass is 79.9. The zero-order valence-electron chi connectivity index (χ0n) is 9.07. The predicted molar refractivity (Wildman–Crippen MR) is 65.3 cm³/mol. The Kier molecular flexibility index (Phi) is 3.61. The van der Waals surface area contributed by atoms with Crippen molar-refractivity contribution in [3.05, 3.63) is 34.3 Å². The third-order valence-electron chi connectivity index (χ3n) is 3.02. The lowest BCUT2D eigenvalue weighted by molar-refractivity contribution is -0.145. The molecule has 1 saturated heterocycles. The number of halogens is 1. The Hall–Kier alpha value is -0.870. The van der Waals surface area contributed by atoms with Crippen LogP contribution in [0.1, 0.15) is 11.5 Å². The van der Waals surface area contributed by atoms with Crippen molar-refractivity contribution in [3.63, 3.8) is 0 Å². The molecule has 1 aromatic carbocycles. The van der Waals surface area contributed by atoms with Crippen LogP contribution in [0.2, 0.25) is 0 Å². The molecule has 0 aliphatic carbocycles. The van der Waals surface area contributed by atoms with Gasteiger partial charge in [-0.25, -0.2) is 0 Å². The highest BCUT2D eigenvalue weighted by molar-refractivity contribution is 9.10. The standard InChI is InChI=1S/C12H14BrNO2/c1-16-12(15)10-7-14-6-9(10)8-4-2-3-5-11(8)13/h2-5,9-10,14H,6-7H2,1H3/t9-,10-/m1/s1. The number of hydrogen-bond acceptors (Lipinski definition) is 3. The SMILES string of the molecule is COC(=O)[C@@H]1CNC[C@@H]1c1ccccc1Br. The van der Waals surface area contributed by atoms with Crippen molar-refractivity contribution in [1.82, 2.24) is 5.32 Å². The maximum Gasteiger partial charge on any atom is 0.310 e. The van der Waals surface area contributed by atoms with Crippen LogP contribution in [0.4, 0.5) is 0 Å². The van der Waals surface area contributed by atoms with E-state index in [0.717, 1.165) is 11.0 Å². The number of ether oxygens (including phenoxy) is 1. The summed E-state index contributed by atoms with van der Waals surface area (Å²) in [6, 6.07) is 8.02. The van der Waals surface area contributed by atoms with Gasteiger partial charge in [-0.1, -0.05) is 34.1 Å². The van der Waals surface area contributed by atoms with Gasteiger partial charge in [-0.05, 0) is 11.6 Å². The first-order chi connectivity index (χ1) is 7.74. The average Bonchev–Trinajstić information content (AvgIpc) is 2.77. The predicted octanol–water partition coefficient (Wildman–Crippen LogP) is 1.93. The molecule has 0 radical (unpaired) electrons. The second-order valence-electron chi connectivity index (χ2n) is 3.92. The fraction of sp³-hybridized carbons (Fsp3) is 0.417. The van der Waals surface area contributed by atoms with Crippen LogP contribution in [0.25, 0.3) is 0 Å². The first kappa shape index (κ1) is 11.6. The van der Waals surface area contributed by atoms with Crippen LogP contribution in [-0.4, -0.2) is 26.2 Å². The van der Waals surface area contributed by atoms with Gasteiger partial charge in [-0.3, -0.25) is 4.79 Å². The van der Waals surface area contributed by atoms with E-state index in [1.54, 1.807) is 0 Å². The summed E-state index contributed by atoms with van der Waals surface area (Å²) in [6.07, 6.45) is 0. The van der Waals surface area contributed by atoms with Crippen molar-refractivity contribution >= 4 is 21.9 Å². The van der Waals surface area contributed by atoms with E-state index >= 15 is 0 Å². The first-order valence-electron chi connectivity index (χ1n) is 5.27. The van der Waals surface area contributed by atoms with Gasteiger partial charge in [-0.15, -0.1) is 0 Å². The molecule has 2 rings (SSSR count). The molecule has 2 atom stereocenters. The highest BCUT2D eigenvalue weighted by Gasteiger charge is 2.35. The molecular weight excluding hydrogens is 270 g/mol. The third-order valence-corrected chi connectivity index (χ3v) is 3.75. The van der Waals surface area contributed by atoms with Crippen LogP contribution in [0, 0.1) is 5.92 Å². The van der Waals surface area contributed by atoms with Gasteiger partial charge < -0.3 is 10.1 Å². The molecule has 0 aromatic heterocycles. The number of rotatable bonds is 2. The monoisotopic (exact) mass is 283 g/mol. The fourth-order valence-corrected chi connectivity index (χ4v) is 2.76. The zero-order chi connectivity index (χ0) is 11.5. The Morgan fingerprint density at radius 2 is 2.19 bits per heavy atom. The Bertz CT molecular complexity index is 394. The average molecular weight is 284 g/mol. The van der Waals surface area contributed by atoms with Crippen LogP contribution < -0.4 is 5.32 Å². The van der Waals surface area contributed by atoms with Gasteiger partial charge >= 0.3 is 5.97 Å². The number of esters is 1. The summed E-state index contributed by atoms with van der Waals surface area (Å²) in [7, 11) is 1.44. The van der Waals surface area contributed by atoms with Gasteiger partial charge in [-0.2, -0.15) is 0 Å². The minimum atomic E-state index is -0.134. The molecule has 1 N–H and O–H groups in total. The molecule has 16 heavy (non-hydrogen) atoms. The second-order valence-corrected chi connectivity index (χ2v) is 4.77. The summed E-state index contributed by atoms with van der Waals surface area (Å²) in [4.78, 5) is 11.6. The molecule has 86 valence electrons. The number of nitrogens with one attached hydrogen (secondary N) is 1. The molecule has 1 heterocycles. The molecule has 0 bridgehead atoms. The Labute approximate surface area is 103 Å². The van der Waals surface area contributed by atoms with Gasteiger partial charge in [0.25, 0.3) is 0 Å². The smallest absolute Gasteiger partial charge is 0.310 e. The normalized spacial score (nSPS) is 24.4.